The van der Waals surface area contributed by atoms with Crippen LogP contribution in [0.3, 0.4) is 0 Å². The molecule has 0 saturated heterocycles. The zero-order chi connectivity index (χ0) is 12.6. The van der Waals surface area contributed by atoms with E-state index in [1.54, 1.807) is 0 Å². The van der Waals surface area contributed by atoms with Gasteiger partial charge in [0.2, 0.25) is 0 Å². The molecule has 2 N–H and O–H groups in total. The zero-order valence-corrected chi connectivity index (χ0v) is 11.5. The predicted molar refractivity (Wildman–Crippen MR) is 72.9 cm³/mol. The van der Waals surface area contributed by atoms with Gasteiger partial charge in [-0.3, -0.25) is 0 Å². The molecule has 1 aromatic rings. The van der Waals surface area contributed by atoms with Crippen LogP contribution in [0.15, 0.2) is 6.20 Å². The van der Waals surface area contributed by atoms with Crippen molar-refractivity contribution < 1.29 is 9.84 Å². The standard InChI is InChI=1S/C13H22N2O2S/c16-6-8-17-7-5-14-9-12-10-15-13(18-12)11-3-1-2-4-11/h10-11,14,16H,1-9H2. The topological polar surface area (TPSA) is 54.4 Å². The van der Waals surface area contributed by atoms with Crippen LogP contribution in [0.1, 0.15) is 41.5 Å². The second-order valence-electron chi connectivity index (χ2n) is 4.66. The van der Waals surface area contributed by atoms with Crippen molar-refractivity contribution in [3.05, 3.63) is 16.1 Å². The molecule has 0 spiro atoms. The second kappa shape index (κ2) is 7.84. The van der Waals surface area contributed by atoms with Crippen LogP contribution < -0.4 is 5.32 Å². The number of nitrogens with zero attached hydrogens (tertiary/aromatic N) is 1. The maximum absolute atomic E-state index is 8.56. The summed E-state index contributed by atoms with van der Waals surface area (Å²) in [5.41, 5.74) is 0. The van der Waals surface area contributed by atoms with E-state index in [9.17, 15) is 0 Å². The quantitative estimate of drug-likeness (QED) is 0.708. The van der Waals surface area contributed by atoms with Crippen molar-refractivity contribution in [1.29, 1.82) is 0 Å². The summed E-state index contributed by atoms with van der Waals surface area (Å²) in [6.45, 7) is 2.85. The molecule has 1 fully saturated rings. The van der Waals surface area contributed by atoms with Gasteiger partial charge in [0.05, 0.1) is 24.8 Å². The number of aliphatic hydroxyl groups excluding tert-OH is 1. The van der Waals surface area contributed by atoms with E-state index < -0.39 is 0 Å². The molecular weight excluding hydrogens is 248 g/mol. The van der Waals surface area contributed by atoms with Gasteiger partial charge in [-0.1, -0.05) is 12.8 Å². The van der Waals surface area contributed by atoms with E-state index in [-0.39, 0.29) is 6.61 Å². The molecule has 0 amide bonds. The van der Waals surface area contributed by atoms with Crippen molar-refractivity contribution in [2.75, 3.05) is 26.4 Å². The first-order valence-corrected chi connectivity index (χ1v) is 7.55. The van der Waals surface area contributed by atoms with E-state index in [1.165, 1.54) is 35.6 Å². The van der Waals surface area contributed by atoms with Crippen molar-refractivity contribution in [1.82, 2.24) is 10.3 Å². The molecule has 102 valence electrons. The van der Waals surface area contributed by atoms with Gasteiger partial charge in [-0.15, -0.1) is 11.3 Å². The molecule has 0 radical (unpaired) electrons. The molecule has 1 heterocycles. The van der Waals surface area contributed by atoms with Gasteiger partial charge in [-0.2, -0.15) is 0 Å². The van der Waals surface area contributed by atoms with Crippen molar-refractivity contribution in [2.45, 2.75) is 38.1 Å². The van der Waals surface area contributed by atoms with Crippen molar-refractivity contribution in [3.8, 4) is 0 Å². The van der Waals surface area contributed by atoms with Crippen LogP contribution in [0.25, 0.3) is 0 Å². The zero-order valence-electron chi connectivity index (χ0n) is 10.7. The Bertz CT molecular complexity index is 337. The maximum atomic E-state index is 8.56. The lowest BCUT2D eigenvalue weighted by Gasteiger charge is -2.04. The Morgan fingerprint density at radius 1 is 1.39 bits per heavy atom. The van der Waals surface area contributed by atoms with Gasteiger partial charge in [0, 0.05) is 30.1 Å². The molecule has 5 heteroatoms. The summed E-state index contributed by atoms with van der Waals surface area (Å²) in [5.74, 6) is 0.719. The van der Waals surface area contributed by atoms with E-state index in [2.05, 4.69) is 10.3 Å². The predicted octanol–water partition coefficient (Wildman–Crippen LogP) is 1.90. The summed E-state index contributed by atoms with van der Waals surface area (Å²) in [6.07, 6.45) is 7.35. The molecule has 1 aromatic heterocycles. The van der Waals surface area contributed by atoms with Gasteiger partial charge < -0.3 is 15.2 Å². The third-order valence-electron chi connectivity index (χ3n) is 3.23. The molecule has 4 nitrogen and oxygen atoms in total. The van der Waals surface area contributed by atoms with Crippen LogP contribution in [-0.4, -0.2) is 36.5 Å². The number of rotatable bonds is 8. The molecule has 0 bridgehead atoms. The monoisotopic (exact) mass is 270 g/mol. The summed E-state index contributed by atoms with van der Waals surface area (Å²) >= 11 is 1.84. The number of aliphatic hydroxyl groups is 1. The highest BCUT2D eigenvalue weighted by molar-refractivity contribution is 7.11. The summed E-state index contributed by atoms with van der Waals surface area (Å²) in [7, 11) is 0. The summed E-state index contributed by atoms with van der Waals surface area (Å²) in [4.78, 5) is 5.85. The fourth-order valence-electron chi connectivity index (χ4n) is 2.29. The third kappa shape index (κ3) is 4.31. The Balaban J connectivity index is 1.64. The van der Waals surface area contributed by atoms with Gasteiger partial charge in [-0.25, -0.2) is 4.98 Å². The van der Waals surface area contributed by atoms with Crippen LogP contribution in [0.4, 0.5) is 0 Å². The molecule has 1 aliphatic carbocycles. The van der Waals surface area contributed by atoms with Crippen molar-refractivity contribution in [3.63, 3.8) is 0 Å². The summed E-state index contributed by atoms with van der Waals surface area (Å²) in [6, 6.07) is 0. The fraction of sp³-hybridized carbons (Fsp3) is 0.769. The van der Waals surface area contributed by atoms with Gasteiger partial charge >= 0.3 is 0 Å². The highest BCUT2D eigenvalue weighted by atomic mass is 32.1. The smallest absolute Gasteiger partial charge is 0.0959 e. The summed E-state index contributed by atoms with van der Waals surface area (Å²) in [5, 5.41) is 13.2. The minimum Gasteiger partial charge on any atom is -0.394 e. The molecule has 0 atom stereocenters. The van der Waals surface area contributed by atoms with Gasteiger partial charge in [-0.05, 0) is 12.8 Å². The highest BCUT2D eigenvalue weighted by Gasteiger charge is 2.19. The van der Waals surface area contributed by atoms with Crippen molar-refractivity contribution >= 4 is 11.3 Å². The van der Waals surface area contributed by atoms with Crippen LogP contribution >= 0.6 is 11.3 Å². The van der Waals surface area contributed by atoms with Gasteiger partial charge in [0.1, 0.15) is 0 Å². The molecule has 1 aliphatic rings. The van der Waals surface area contributed by atoms with Crippen LogP contribution in [0, 0.1) is 0 Å². The normalized spacial score (nSPS) is 16.5. The van der Waals surface area contributed by atoms with E-state index >= 15 is 0 Å². The Morgan fingerprint density at radius 3 is 3.00 bits per heavy atom. The van der Waals surface area contributed by atoms with E-state index in [4.69, 9.17) is 9.84 Å². The van der Waals surface area contributed by atoms with E-state index in [1.807, 2.05) is 17.5 Å². The fourth-order valence-corrected chi connectivity index (χ4v) is 3.34. The average molecular weight is 270 g/mol. The number of hydrogen-bond acceptors (Lipinski definition) is 5. The first-order chi connectivity index (χ1) is 8.90. The third-order valence-corrected chi connectivity index (χ3v) is 4.39. The number of hydrogen-bond donors (Lipinski definition) is 2. The van der Waals surface area contributed by atoms with Crippen molar-refractivity contribution in [2.24, 2.45) is 0 Å². The number of thiazole rings is 1. The lowest BCUT2D eigenvalue weighted by atomic mass is 10.1. The molecule has 18 heavy (non-hydrogen) atoms. The molecule has 2 rings (SSSR count). The first kappa shape index (κ1) is 13.9. The molecule has 0 unspecified atom stereocenters. The van der Waals surface area contributed by atoms with Gasteiger partial charge in [0.25, 0.3) is 0 Å². The molecule has 0 aromatic carbocycles. The largest absolute Gasteiger partial charge is 0.394 e. The molecule has 0 aliphatic heterocycles. The highest BCUT2D eigenvalue weighted by Crippen LogP contribution is 2.35. The summed E-state index contributed by atoms with van der Waals surface area (Å²) < 4.78 is 5.18. The molecule has 1 saturated carbocycles. The average Bonchev–Trinajstić information content (AvgIpc) is 3.03. The number of nitrogens with one attached hydrogen (secondary N) is 1. The first-order valence-electron chi connectivity index (χ1n) is 6.74. The van der Waals surface area contributed by atoms with Crippen LogP contribution in [0.2, 0.25) is 0 Å². The number of aromatic nitrogens is 1. The lowest BCUT2D eigenvalue weighted by molar-refractivity contribution is 0.0938. The minimum absolute atomic E-state index is 0.0968. The van der Waals surface area contributed by atoms with Gasteiger partial charge in [0.15, 0.2) is 0 Å². The Morgan fingerprint density at radius 2 is 2.22 bits per heavy atom. The van der Waals surface area contributed by atoms with E-state index in [0.717, 1.165) is 19.0 Å². The Labute approximate surface area is 112 Å². The molecular formula is C13H22N2O2S. The SMILES string of the molecule is OCCOCCNCc1cnc(C2CCCC2)s1. The van der Waals surface area contributed by atoms with Crippen LogP contribution in [0.5, 0.6) is 0 Å². The Hall–Kier alpha value is -0.490. The Kier molecular flexibility index (Phi) is 6.07. The van der Waals surface area contributed by atoms with Crippen LogP contribution in [-0.2, 0) is 11.3 Å². The second-order valence-corrected chi connectivity index (χ2v) is 5.81. The van der Waals surface area contributed by atoms with E-state index in [0.29, 0.717) is 13.2 Å². The minimum atomic E-state index is 0.0968. The number of ether oxygens (including phenoxy) is 1. The lowest BCUT2D eigenvalue weighted by Crippen LogP contribution is -2.19. The maximum Gasteiger partial charge on any atom is 0.0959 e.